The van der Waals surface area contributed by atoms with Crippen LogP contribution >= 0.6 is 11.6 Å². The molecule has 0 saturated heterocycles. The minimum Gasteiger partial charge on any atom is -0.360 e. The van der Waals surface area contributed by atoms with E-state index < -0.39 is 0 Å². The number of benzene rings is 1. The van der Waals surface area contributed by atoms with Gasteiger partial charge in [0.2, 0.25) is 11.6 Å². The van der Waals surface area contributed by atoms with E-state index in [0.29, 0.717) is 22.7 Å². The molecule has 0 spiro atoms. The molecule has 100 valence electrons. The van der Waals surface area contributed by atoms with Gasteiger partial charge in [-0.3, -0.25) is 9.59 Å². The Hall–Kier alpha value is -2.40. The molecule has 1 aliphatic carbocycles. The Labute approximate surface area is 119 Å². The molecule has 1 heterocycles. The number of nitrogens with zero attached hydrogens (tertiary/aromatic N) is 1. The average Bonchev–Trinajstić information content (AvgIpc) is 2.86. The van der Waals surface area contributed by atoms with E-state index in [2.05, 4.69) is 10.5 Å². The normalized spacial score (nSPS) is 14.5. The van der Waals surface area contributed by atoms with Gasteiger partial charge in [-0.25, -0.2) is 0 Å². The summed E-state index contributed by atoms with van der Waals surface area (Å²) >= 11 is 6.00. The second kappa shape index (κ2) is 4.61. The maximum atomic E-state index is 12.4. The number of ketones is 2. The van der Waals surface area contributed by atoms with Crippen molar-refractivity contribution in [3.05, 3.63) is 57.9 Å². The molecule has 0 unspecified atom stereocenters. The first kappa shape index (κ1) is 12.6. The van der Waals surface area contributed by atoms with Crippen LogP contribution in [0, 0.1) is 6.92 Å². The molecule has 0 aliphatic heterocycles. The zero-order valence-corrected chi connectivity index (χ0v) is 11.2. The molecule has 0 amide bonds. The number of carbonyl (C=O) groups excluding carboxylic acids is 2. The van der Waals surface area contributed by atoms with Crippen molar-refractivity contribution in [1.82, 2.24) is 5.16 Å². The highest BCUT2D eigenvalue weighted by molar-refractivity contribution is 6.50. The number of Topliss-reactive ketones (excluding diaryl/α,β-unsaturated/α-hetero) is 2. The van der Waals surface area contributed by atoms with Gasteiger partial charge in [-0.15, -0.1) is 0 Å². The summed E-state index contributed by atoms with van der Waals surface area (Å²) < 4.78 is 4.90. The highest BCUT2D eigenvalue weighted by atomic mass is 35.5. The third-order valence-corrected chi connectivity index (χ3v) is 3.30. The second-order valence-corrected chi connectivity index (χ2v) is 4.72. The molecule has 20 heavy (non-hydrogen) atoms. The number of allylic oxidation sites excluding steroid dienone is 2. The Morgan fingerprint density at radius 2 is 1.80 bits per heavy atom. The van der Waals surface area contributed by atoms with Crippen LogP contribution in [0.1, 0.15) is 26.5 Å². The van der Waals surface area contributed by atoms with Crippen molar-refractivity contribution in [3.63, 3.8) is 0 Å². The Balaban J connectivity index is 2.05. The average molecular weight is 289 g/mol. The van der Waals surface area contributed by atoms with Gasteiger partial charge in [-0.1, -0.05) is 41.0 Å². The summed E-state index contributed by atoms with van der Waals surface area (Å²) in [5.41, 5.74) is 0.651. The SMILES string of the molecule is Cc1cc(NC2=C(Cl)C(=O)c3ccccc3C2=O)no1. The van der Waals surface area contributed by atoms with E-state index >= 15 is 0 Å². The standard InChI is InChI=1S/C14H9ClN2O3/c1-7-6-10(17-20-7)16-12-11(15)13(18)8-4-2-3-5-9(8)14(12)19/h2-6H,1H3,(H,16,17). The molecule has 0 atom stereocenters. The zero-order chi connectivity index (χ0) is 14.3. The molecule has 0 saturated carbocycles. The summed E-state index contributed by atoms with van der Waals surface area (Å²) in [5, 5.41) is 6.32. The van der Waals surface area contributed by atoms with Gasteiger partial charge < -0.3 is 9.84 Å². The number of anilines is 1. The van der Waals surface area contributed by atoms with Crippen LogP contribution in [0.15, 0.2) is 45.6 Å². The molecular weight excluding hydrogens is 280 g/mol. The molecule has 1 N–H and O–H groups in total. The molecule has 6 heteroatoms. The molecule has 0 radical (unpaired) electrons. The van der Waals surface area contributed by atoms with Gasteiger partial charge in [0, 0.05) is 17.2 Å². The minimum absolute atomic E-state index is 0.0173. The van der Waals surface area contributed by atoms with Gasteiger partial charge in [0.25, 0.3) is 0 Å². The monoisotopic (exact) mass is 288 g/mol. The maximum absolute atomic E-state index is 12.4. The van der Waals surface area contributed by atoms with Gasteiger partial charge in [-0.2, -0.15) is 0 Å². The lowest BCUT2D eigenvalue weighted by molar-refractivity contribution is 0.0982. The van der Waals surface area contributed by atoms with Crippen LogP contribution in [0.3, 0.4) is 0 Å². The summed E-state index contributed by atoms with van der Waals surface area (Å²) in [5.74, 6) is 0.186. The highest BCUT2D eigenvalue weighted by Crippen LogP contribution is 2.29. The lowest BCUT2D eigenvalue weighted by Gasteiger charge is -2.17. The lowest BCUT2D eigenvalue weighted by Crippen LogP contribution is -2.24. The van der Waals surface area contributed by atoms with Crippen LogP contribution < -0.4 is 5.32 Å². The number of hydrogen-bond acceptors (Lipinski definition) is 5. The molecule has 2 aromatic rings. The first-order valence-electron chi connectivity index (χ1n) is 5.86. The second-order valence-electron chi connectivity index (χ2n) is 4.34. The van der Waals surface area contributed by atoms with Crippen molar-refractivity contribution in [3.8, 4) is 0 Å². The van der Waals surface area contributed by atoms with Crippen LogP contribution in [0.2, 0.25) is 0 Å². The molecule has 3 rings (SSSR count). The van der Waals surface area contributed by atoms with Crippen LogP contribution in [-0.4, -0.2) is 16.7 Å². The number of carbonyl (C=O) groups is 2. The molecule has 0 fully saturated rings. The first-order chi connectivity index (χ1) is 9.58. The van der Waals surface area contributed by atoms with Gasteiger partial charge in [0.05, 0.1) is 0 Å². The smallest absolute Gasteiger partial charge is 0.211 e. The van der Waals surface area contributed by atoms with Crippen molar-refractivity contribution < 1.29 is 14.1 Å². The third kappa shape index (κ3) is 1.92. The van der Waals surface area contributed by atoms with Gasteiger partial charge in [0.15, 0.2) is 5.82 Å². The fourth-order valence-electron chi connectivity index (χ4n) is 2.01. The number of nitrogens with one attached hydrogen (secondary N) is 1. The van der Waals surface area contributed by atoms with E-state index in [1.165, 1.54) is 0 Å². The molecule has 5 nitrogen and oxygen atoms in total. The topological polar surface area (TPSA) is 72.2 Å². The van der Waals surface area contributed by atoms with Gasteiger partial charge in [-0.05, 0) is 6.92 Å². The van der Waals surface area contributed by atoms with Crippen molar-refractivity contribution in [2.45, 2.75) is 6.92 Å². The summed E-state index contributed by atoms with van der Waals surface area (Å²) in [6.45, 7) is 1.72. The lowest BCUT2D eigenvalue weighted by atomic mass is 9.92. The Morgan fingerprint density at radius 1 is 1.15 bits per heavy atom. The van der Waals surface area contributed by atoms with Crippen LogP contribution in [-0.2, 0) is 0 Å². The van der Waals surface area contributed by atoms with Crippen LogP contribution in [0.4, 0.5) is 5.82 Å². The zero-order valence-electron chi connectivity index (χ0n) is 10.4. The van der Waals surface area contributed by atoms with Gasteiger partial charge in [0.1, 0.15) is 16.5 Å². The molecule has 1 aliphatic rings. The van der Waals surface area contributed by atoms with Crippen molar-refractivity contribution in [1.29, 1.82) is 0 Å². The van der Waals surface area contributed by atoms with Crippen molar-refractivity contribution >= 4 is 29.0 Å². The summed E-state index contributed by atoms with van der Waals surface area (Å²) in [6, 6.07) is 8.16. The Morgan fingerprint density at radius 3 is 2.40 bits per heavy atom. The predicted molar refractivity (Wildman–Crippen MR) is 72.8 cm³/mol. The predicted octanol–water partition coefficient (Wildman–Crippen LogP) is 2.92. The van der Waals surface area contributed by atoms with Crippen LogP contribution in [0.5, 0.6) is 0 Å². The minimum atomic E-state index is -0.385. The Bertz CT molecular complexity index is 761. The Kier molecular flexibility index (Phi) is 2.91. The van der Waals surface area contributed by atoms with E-state index in [1.807, 2.05) is 0 Å². The number of hydrogen-bond donors (Lipinski definition) is 1. The van der Waals surface area contributed by atoms with E-state index in [4.69, 9.17) is 16.1 Å². The molecule has 1 aromatic carbocycles. The summed E-state index contributed by atoms with van der Waals surface area (Å²) in [6.07, 6.45) is 0. The number of halogens is 1. The highest BCUT2D eigenvalue weighted by Gasteiger charge is 2.31. The third-order valence-electron chi connectivity index (χ3n) is 2.94. The van der Waals surface area contributed by atoms with E-state index in [9.17, 15) is 9.59 Å². The molecular formula is C14H9ClN2O3. The summed E-state index contributed by atoms with van der Waals surface area (Å²) in [7, 11) is 0. The fourth-order valence-corrected chi connectivity index (χ4v) is 2.25. The number of rotatable bonds is 2. The quantitative estimate of drug-likeness (QED) is 0.920. The first-order valence-corrected chi connectivity index (χ1v) is 6.24. The largest absolute Gasteiger partial charge is 0.360 e. The van der Waals surface area contributed by atoms with E-state index in [0.717, 1.165) is 0 Å². The number of aromatic nitrogens is 1. The molecule has 1 aromatic heterocycles. The van der Waals surface area contributed by atoms with Crippen molar-refractivity contribution in [2.24, 2.45) is 0 Å². The van der Waals surface area contributed by atoms with E-state index in [1.54, 1.807) is 37.3 Å². The van der Waals surface area contributed by atoms with Crippen molar-refractivity contribution in [2.75, 3.05) is 5.32 Å². The number of aryl methyl sites for hydroxylation is 1. The van der Waals surface area contributed by atoms with Crippen LogP contribution in [0.25, 0.3) is 0 Å². The summed E-state index contributed by atoms with van der Waals surface area (Å²) in [4.78, 5) is 24.5. The maximum Gasteiger partial charge on any atom is 0.211 e. The fraction of sp³-hybridized carbons (Fsp3) is 0.0714. The number of fused-ring (bicyclic) bond motifs is 1. The van der Waals surface area contributed by atoms with E-state index in [-0.39, 0.29) is 22.3 Å². The van der Waals surface area contributed by atoms with Gasteiger partial charge >= 0.3 is 0 Å². The molecule has 0 bridgehead atoms.